The Labute approximate surface area is 128 Å². The fourth-order valence-corrected chi connectivity index (χ4v) is 3.45. The first-order valence-electron chi connectivity index (χ1n) is 7.82. The standard InChI is InChI=1S/C17H20O5/c1-2-5-12-11-7-4-3-6-10(11)8-13-14(18)9-17(21,16(19)20)22-15(12)13/h8,21H,2-7,9H2,1H3,(H,19,20). The van der Waals surface area contributed by atoms with Crippen LogP contribution in [0.25, 0.3) is 0 Å². The van der Waals surface area contributed by atoms with Gasteiger partial charge < -0.3 is 14.9 Å². The zero-order chi connectivity index (χ0) is 15.9. The Morgan fingerprint density at radius 1 is 1.36 bits per heavy atom. The second-order valence-electron chi connectivity index (χ2n) is 6.12. The lowest BCUT2D eigenvalue weighted by atomic mass is 9.82. The Kier molecular flexibility index (Phi) is 3.68. The molecule has 0 fully saturated rings. The highest BCUT2D eigenvalue weighted by Crippen LogP contribution is 2.41. The van der Waals surface area contributed by atoms with E-state index in [1.54, 1.807) is 0 Å². The molecular weight excluding hydrogens is 284 g/mol. The average Bonchev–Trinajstić information content (AvgIpc) is 2.48. The number of carbonyl (C=O) groups is 2. The fourth-order valence-electron chi connectivity index (χ4n) is 3.45. The monoisotopic (exact) mass is 304 g/mol. The highest BCUT2D eigenvalue weighted by atomic mass is 16.6. The van der Waals surface area contributed by atoms with Crippen molar-refractivity contribution < 1.29 is 24.5 Å². The molecule has 1 heterocycles. The van der Waals surface area contributed by atoms with Crippen molar-refractivity contribution in [1.29, 1.82) is 0 Å². The molecule has 0 spiro atoms. The molecule has 1 aliphatic heterocycles. The number of carboxylic acid groups (broad SMARTS) is 1. The van der Waals surface area contributed by atoms with E-state index in [1.807, 2.05) is 13.0 Å². The topological polar surface area (TPSA) is 83.8 Å². The zero-order valence-electron chi connectivity index (χ0n) is 12.6. The molecule has 0 radical (unpaired) electrons. The Morgan fingerprint density at radius 3 is 2.77 bits per heavy atom. The van der Waals surface area contributed by atoms with Crippen LogP contribution in [-0.2, 0) is 24.1 Å². The van der Waals surface area contributed by atoms with Crippen LogP contribution < -0.4 is 4.74 Å². The van der Waals surface area contributed by atoms with E-state index in [-0.39, 0.29) is 11.5 Å². The highest BCUT2D eigenvalue weighted by Gasteiger charge is 2.47. The third-order valence-electron chi connectivity index (χ3n) is 4.52. The van der Waals surface area contributed by atoms with Crippen LogP contribution in [0.3, 0.4) is 0 Å². The summed E-state index contributed by atoms with van der Waals surface area (Å²) >= 11 is 0. The van der Waals surface area contributed by atoms with Crippen molar-refractivity contribution in [2.45, 2.75) is 57.7 Å². The number of carbonyl (C=O) groups excluding carboxylic acids is 1. The molecule has 1 aromatic carbocycles. The summed E-state index contributed by atoms with van der Waals surface area (Å²) in [4.78, 5) is 23.6. The molecule has 2 aliphatic rings. The van der Waals surface area contributed by atoms with Crippen molar-refractivity contribution >= 4 is 11.8 Å². The summed E-state index contributed by atoms with van der Waals surface area (Å²) in [7, 11) is 0. The smallest absolute Gasteiger partial charge is 0.377 e. The van der Waals surface area contributed by atoms with Gasteiger partial charge in [-0.15, -0.1) is 0 Å². The minimum Gasteiger partial charge on any atom is -0.476 e. The summed E-state index contributed by atoms with van der Waals surface area (Å²) in [6.07, 6.45) is 5.09. The maximum atomic E-state index is 12.3. The molecule has 118 valence electrons. The summed E-state index contributed by atoms with van der Waals surface area (Å²) in [6, 6.07) is 1.84. The van der Waals surface area contributed by atoms with Crippen molar-refractivity contribution in [1.82, 2.24) is 0 Å². The van der Waals surface area contributed by atoms with Crippen LogP contribution in [0.4, 0.5) is 0 Å². The van der Waals surface area contributed by atoms with Crippen molar-refractivity contribution in [2.24, 2.45) is 0 Å². The third-order valence-corrected chi connectivity index (χ3v) is 4.52. The largest absolute Gasteiger partial charge is 0.476 e. The molecule has 1 aliphatic carbocycles. The number of hydrogen-bond acceptors (Lipinski definition) is 4. The van der Waals surface area contributed by atoms with Gasteiger partial charge in [-0.1, -0.05) is 13.3 Å². The highest BCUT2D eigenvalue weighted by molar-refractivity contribution is 6.03. The van der Waals surface area contributed by atoms with Gasteiger partial charge in [0.15, 0.2) is 5.78 Å². The fraction of sp³-hybridized carbons (Fsp3) is 0.529. The van der Waals surface area contributed by atoms with Crippen molar-refractivity contribution in [3.05, 3.63) is 28.3 Å². The Hall–Kier alpha value is -1.88. The number of aryl methyl sites for hydroxylation is 1. The van der Waals surface area contributed by atoms with E-state index < -0.39 is 18.2 Å². The molecule has 5 nitrogen and oxygen atoms in total. The van der Waals surface area contributed by atoms with Crippen molar-refractivity contribution in [3.8, 4) is 5.75 Å². The van der Waals surface area contributed by atoms with Crippen LogP contribution in [0.1, 0.15) is 59.7 Å². The van der Waals surface area contributed by atoms with Gasteiger partial charge in [0.2, 0.25) is 0 Å². The molecule has 3 rings (SSSR count). The predicted octanol–water partition coefficient (Wildman–Crippen LogP) is 2.26. The van der Waals surface area contributed by atoms with E-state index in [4.69, 9.17) is 4.74 Å². The lowest BCUT2D eigenvalue weighted by Crippen LogP contribution is -2.49. The summed E-state index contributed by atoms with van der Waals surface area (Å²) < 4.78 is 5.44. The second-order valence-corrected chi connectivity index (χ2v) is 6.12. The molecule has 1 aromatic rings. The van der Waals surface area contributed by atoms with Gasteiger partial charge in [-0.25, -0.2) is 4.79 Å². The SMILES string of the molecule is CCCc1c2c(cc3c1OC(O)(C(=O)O)CC3=O)CCCC2. The Bertz CT molecular complexity index is 649. The minimum absolute atomic E-state index is 0.281. The molecule has 1 unspecified atom stereocenters. The van der Waals surface area contributed by atoms with Crippen LogP contribution in [0.5, 0.6) is 5.75 Å². The molecule has 0 bridgehead atoms. The lowest BCUT2D eigenvalue weighted by molar-refractivity contribution is -0.194. The number of ketones is 1. The number of fused-ring (bicyclic) bond motifs is 2. The van der Waals surface area contributed by atoms with E-state index >= 15 is 0 Å². The van der Waals surface area contributed by atoms with Crippen molar-refractivity contribution in [3.63, 3.8) is 0 Å². The van der Waals surface area contributed by atoms with E-state index in [0.29, 0.717) is 12.0 Å². The number of aliphatic hydroxyl groups is 1. The van der Waals surface area contributed by atoms with Crippen molar-refractivity contribution in [2.75, 3.05) is 0 Å². The van der Waals surface area contributed by atoms with Gasteiger partial charge in [-0.05, 0) is 54.9 Å². The second kappa shape index (κ2) is 5.39. The van der Waals surface area contributed by atoms with E-state index in [9.17, 15) is 19.8 Å². The summed E-state index contributed by atoms with van der Waals surface area (Å²) in [6.45, 7) is 2.03. The van der Waals surface area contributed by atoms with E-state index in [1.165, 1.54) is 11.1 Å². The van der Waals surface area contributed by atoms with Gasteiger partial charge in [0.05, 0.1) is 12.0 Å². The molecule has 0 saturated heterocycles. The molecule has 0 saturated carbocycles. The van der Waals surface area contributed by atoms with Crippen LogP contribution in [0.15, 0.2) is 6.07 Å². The number of carboxylic acids is 1. The van der Waals surface area contributed by atoms with Gasteiger partial charge in [0.25, 0.3) is 0 Å². The van der Waals surface area contributed by atoms with E-state index in [2.05, 4.69) is 0 Å². The van der Waals surface area contributed by atoms with Gasteiger partial charge in [0, 0.05) is 0 Å². The zero-order valence-corrected chi connectivity index (χ0v) is 12.6. The normalized spacial score (nSPS) is 23.5. The summed E-state index contributed by atoms with van der Waals surface area (Å²) in [5.74, 6) is -4.05. The predicted molar refractivity (Wildman–Crippen MR) is 79.2 cm³/mol. The van der Waals surface area contributed by atoms with Crippen LogP contribution in [0, 0.1) is 0 Å². The molecule has 1 atom stereocenters. The first kappa shape index (κ1) is 15.0. The summed E-state index contributed by atoms with van der Waals surface area (Å²) in [5.41, 5.74) is 3.68. The maximum absolute atomic E-state index is 12.3. The molecular formula is C17H20O5. The van der Waals surface area contributed by atoms with Gasteiger partial charge in [-0.3, -0.25) is 4.79 Å². The number of Topliss-reactive ketones (excluding diaryl/α,β-unsaturated/α-hetero) is 1. The Balaban J connectivity index is 2.18. The number of hydrogen-bond donors (Lipinski definition) is 2. The number of benzene rings is 1. The first-order chi connectivity index (χ1) is 10.5. The molecule has 22 heavy (non-hydrogen) atoms. The molecule has 0 amide bonds. The summed E-state index contributed by atoms with van der Waals surface area (Å²) in [5, 5.41) is 19.3. The van der Waals surface area contributed by atoms with Crippen LogP contribution in [0.2, 0.25) is 0 Å². The first-order valence-corrected chi connectivity index (χ1v) is 7.82. The number of ether oxygens (including phenoxy) is 1. The number of aliphatic carboxylic acids is 1. The lowest BCUT2D eigenvalue weighted by Gasteiger charge is -2.33. The quantitative estimate of drug-likeness (QED) is 0.895. The van der Waals surface area contributed by atoms with Crippen LogP contribution >= 0.6 is 0 Å². The third kappa shape index (κ3) is 2.29. The van der Waals surface area contributed by atoms with Gasteiger partial charge in [0.1, 0.15) is 5.75 Å². The Morgan fingerprint density at radius 2 is 2.09 bits per heavy atom. The maximum Gasteiger partial charge on any atom is 0.377 e. The van der Waals surface area contributed by atoms with Gasteiger partial charge in [-0.2, -0.15) is 0 Å². The van der Waals surface area contributed by atoms with Crippen LogP contribution in [-0.4, -0.2) is 27.8 Å². The van der Waals surface area contributed by atoms with E-state index in [0.717, 1.165) is 37.7 Å². The molecule has 2 N–H and O–H groups in total. The molecule has 5 heteroatoms. The molecule has 0 aromatic heterocycles. The number of rotatable bonds is 3. The minimum atomic E-state index is -2.45. The average molecular weight is 304 g/mol. The van der Waals surface area contributed by atoms with Gasteiger partial charge >= 0.3 is 11.8 Å².